The zero-order chi connectivity index (χ0) is 19.9. The molecule has 1 unspecified atom stereocenters. The Bertz CT molecular complexity index is 930. The molecule has 29 heavy (non-hydrogen) atoms. The number of rotatable bonds is 9. The van der Waals surface area contributed by atoms with Crippen molar-refractivity contribution in [2.45, 2.75) is 31.8 Å². The summed E-state index contributed by atoms with van der Waals surface area (Å²) in [6, 6.07) is 17.9. The van der Waals surface area contributed by atoms with Crippen molar-refractivity contribution in [3.05, 3.63) is 65.9 Å². The SMILES string of the molecule is OC(CNCCNc1c2c(nc3ccccc13)CCCC2)COc1ccccc1. The lowest BCUT2D eigenvalue weighted by molar-refractivity contribution is 0.107. The summed E-state index contributed by atoms with van der Waals surface area (Å²) in [5, 5.41) is 18.3. The van der Waals surface area contributed by atoms with Crippen molar-refractivity contribution in [2.75, 3.05) is 31.6 Å². The average molecular weight is 392 g/mol. The van der Waals surface area contributed by atoms with Crippen molar-refractivity contribution in [1.29, 1.82) is 0 Å². The fraction of sp³-hybridized carbons (Fsp3) is 0.375. The molecule has 1 aliphatic rings. The number of hydrogen-bond donors (Lipinski definition) is 3. The molecule has 5 heteroatoms. The van der Waals surface area contributed by atoms with Gasteiger partial charge in [-0.25, -0.2) is 0 Å². The number of pyridine rings is 1. The zero-order valence-corrected chi connectivity index (χ0v) is 16.7. The van der Waals surface area contributed by atoms with Crippen LogP contribution in [0.4, 0.5) is 5.69 Å². The minimum atomic E-state index is -0.537. The van der Waals surface area contributed by atoms with E-state index in [9.17, 15) is 5.11 Å². The first-order valence-corrected chi connectivity index (χ1v) is 10.5. The van der Waals surface area contributed by atoms with E-state index in [-0.39, 0.29) is 6.61 Å². The molecule has 0 amide bonds. The highest BCUT2D eigenvalue weighted by atomic mass is 16.5. The van der Waals surface area contributed by atoms with E-state index >= 15 is 0 Å². The lowest BCUT2D eigenvalue weighted by atomic mass is 9.92. The normalized spacial score (nSPS) is 14.4. The Balaban J connectivity index is 1.28. The Morgan fingerprint density at radius 3 is 2.66 bits per heavy atom. The Morgan fingerprint density at radius 1 is 0.966 bits per heavy atom. The molecular formula is C24H29N3O2. The molecule has 0 spiro atoms. The van der Waals surface area contributed by atoms with E-state index in [4.69, 9.17) is 9.72 Å². The van der Waals surface area contributed by atoms with Gasteiger partial charge >= 0.3 is 0 Å². The summed E-state index contributed by atoms with van der Waals surface area (Å²) in [7, 11) is 0. The molecule has 5 nitrogen and oxygen atoms in total. The Hall–Kier alpha value is -2.63. The topological polar surface area (TPSA) is 66.4 Å². The highest BCUT2D eigenvalue weighted by Crippen LogP contribution is 2.32. The third-order valence-electron chi connectivity index (χ3n) is 5.34. The number of hydrogen-bond acceptors (Lipinski definition) is 5. The van der Waals surface area contributed by atoms with Gasteiger partial charge in [-0.3, -0.25) is 4.98 Å². The van der Waals surface area contributed by atoms with E-state index in [1.165, 1.54) is 35.2 Å². The molecule has 0 fully saturated rings. The van der Waals surface area contributed by atoms with Crippen molar-refractivity contribution >= 4 is 16.6 Å². The van der Waals surface area contributed by atoms with Crippen LogP contribution in [0.2, 0.25) is 0 Å². The Labute approximate surface area is 172 Å². The number of aromatic nitrogens is 1. The van der Waals surface area contributed by atoms with Crippen LogP contribution in [-0.4, -0.2) is 42.4 Å². The molecule has 0 saturated heterocycles. The van der Waals surface area contributed by atoms with E-state index in [2.05, 4.69) is 34.9 Å². The van der Waals surface area contributed by atoms with E-state index in [0.717, 1.165) is 37.2 Å². The number of fused-ring (bicyclic) bond motifs is 2. The summed E-state index contributed by atoms with van der Waals surface area (Å²) >= 11 is 0. The zero-order valence-electron chi connectivity index (χ0n) is 16.7. The molecule has 0 radical (unpaired) electrons. The van der Waals surface area contributed by atoms with Gasteiger partial charge in [0.05, 0.1) is 5.52 Å². The molecule has 1 aliphatic carbocycles. The van der Waals surface area contributed by atoms with Gasteiger partial charge in [-0.15, -0.1) is 0 Å². The Morgan fingerprint density at radius 2 is 1.76 bits per heavy atom. The van der Waals surface area contributed by atoms with Crippen LogP contribution in [0.3, 0.4) is 0 Å². The number of benzene rings is 2. The number of aryl methyl sites for hydroxylation is 1. The quantitative estimate of drug-likeness (QED) is 0.487. The van der Waals surface area contributed by atoms with Crippen molar-refractivity contribution < 1.29 is 9.84 Å². The molecule has 2 aromatic carbocycles. The van der Waals surface area contributed by atoms with E-state index < -0.39 is 6.10 Å². The second-order valence-electron chi connectivity index (χ2n) is 7.55. The summed E-state index contributed by atoms with van der Waals surface area (Å²) in [5.74, 6) is 0.780. The minimum absolute atomic E-state index is 0.285. The summed E-state index contributed by atoms with van der Waals surface area (Å²) in [4.78, 5) is 4.89. The van der Waals surface area contributed by atoms with Crippen LogP contribution in [0, 0.1) is 0 Å². The second-order valence-corrected chi connectivity index (χ2v) is 7.55. The molecule has 0 aliphatic heterocycles. The van der Waals surface area contributed by atoms with Gasteiger partial charge in [0.1, 0.15) is 18.5 Å². The second kappa shape index (κ2) is 9.72. The van der Waals surface area contributed by atoms with Gasteiger partial charge in [0.2, 0.25) is 0 Å². The van der Waals surface area contributed by atoms with E-state index in [0.29, 0.717) is 6.54 Å². The number of aliphatic hydroxyl groups is 1. The molecule has 1 atom stereocenters. The van der Waals surface area contributed by atoms with Gasteiger partial charge in [0.25, 0.3) is 0 Å². The van der Waals surface area contributed by atoms with Crippen LogP contribution < -0.4 is 15.4 Å². The number of anilines is 1. The van der Waals surface area contributed by atoms with Crippen LogP contribution in [0.25, 0.3) is 10.9 Å². The highest BCUT2D eigenvalue weighted by molar-refractivity contribution is 5.93. The monoisotopic (exact) mass is 391 g/mol. The van der Waals surface area contributed by atoms with E-state index in [1.807, 2.05) is 30.3 Å². The minimum Gasteiger partial charge on any atom is -0.491 e. The smallest absolute Gasteiger partial charge is 0.119 e. The Kier molecular flexibility index (Phi) is 6.60. The van der Waals surface area contributed by atoms with Crippen molar-refractivity contribution in [2.24, 2.45) is 0 Å². The number of nitrogens with zero attached hydrogens (tertiary/aromatic N) is 1. The average Bonchev–Trinajstić information content (AvgIpc) is 2.77. The maximum Gasteiger partial charge on any atom is 0.119 e. The number of ether oxygens (including phenoxy) is 1. The standard InChI is InChI=1S/C24H29N3O2/c28-18(17-29-19-8-2-1-3-9-19)16-25-14-15-26-24-20-10-4-6-12-22(20)27-23-13-7-5-11-21(23)24/h1-4,6,8-10,12,18,25,28H,5,7,11,13-17H2,(H,26,27). The lowest BCUT2D eigenvalue weighted by Crippen LogP contribution is -2.34. The fourth-order valence-electron chi connectivity index (χ4n) is 3.89. The van der Waals surface area contributed by atoms with Crippen LogP contribution >= 0.6 is 0 Å². The van der Waals surface area contributed by atoms with Gasteiger partial charge in [0.15, 0.2) is 0 Å². The number of nitrogens with one attached hydrogen (secondary N) is 2. The van der Waals surface area contributed by atoms with Crippen molar-refractivity contribution in [3.8, 4) is 5.75 Å². The molecular weight excluding hydrogens is 362 g/mol. The van der Waals surface area contributed by atoms with Gasteiger partial charge < -0.3 is 20.5 Å². The largest absolute Gasteiger partial charge is 0.491 e. The van der Waals surface area contributed by atoms with Crippen molar-refractivity contribution in [1.82, 2.24) is 10.3 Å². The van der Waals surface area contributed by atoms with Crippen LogP contribution in [0.5, 0.6) is 5.75 Å². The number of aliphatic hydroxyl groups excluding tert-OH is 1. The first-order valence-electron chi connectivity index (χ1n) is 10.5. The molecule has 0 bridgehead atoms. The first kappa shape index (κ1) is 19.7. The van der Waals surface area contributed by atoms with Gasteiger partial charge in [0, 0.05) is 36.4 Å². The molecule has 3 N–H and O–H groups in total. The van der Waals surface area contributed by atoms with E-state index in [1.54, 1.807) is 0 Å². The summed E-state index contributed by atoms with van der Waals surface area (Å²) in [6.45, 7) is 2.36. The lowest BCUT2D eigenvalue weighted by Gasteiger charge is -2.22. The van der Waals surface area contributed by atoms with Crippen LogP contribution in [0.15, 0.2) is 54.6 Å². The maximum absolute atomic E-state index is 10.1. The molecule has 152 valence electrons. The van der Waals surface area contributed by atoms with Gasteiger partial charge in [-0.2, -0.15) is 0 Å². The highest BCUT2D eigenvalue weighted by Gasteiger charge is 2.17. The molecule has 3 aromatic rings. The third kappa shape index (κ3) is 5.05. The molecule has 1 heterocycles. The van der Waals surface area contributed by atoms with Crippen LogP contribution in [0.1, 0.15) is 24.1 Å². The van der Waals surface area contributed by atoms with Gasteiger partial charge in [-0.1, -0.05) is 36.4 Å². The predicted molar refractivity (Wildman–Crippen MR) is 118 cm³/mol. The summed E-state index contributed by atoms with van der Waals surface area (Å²) in [6.07, 6.45) is 4.08. The third-order valence-corrected chi connectivity index (χ3v) is 5.34. The predicted octanol–water partition coefficient (Wildman–Crippen LogP) is 3.56. The molecule has 1 aromatic heterocycles. The maximum atomic E-state index is 10.1. The number of para-hydroxylation sites is 2. The van der Waals surface area contributed by atoms with Crippen LogP contribution in [-0.2, 0) is 12.8 Å². The van der Waals surface area contributed by atoms with Gasteiger partial charge in [-0.05, 0) is 49.4 Å². The van der Waals surface area contributed by atoms with Crippen molar-refractivity contribution in [3.63, 3.8) is 0 Å². The summed E-state index contributed by atoms with van der Waals surface area (Å²) in [5.41, 5.74) is 4.93. The summed E-state index contributed by atoms with van der Waals surface area (Å²) < 4.78 is 5.59. The molecule has 0 saturated carbocycles. The fourth-order valence-corrected chi connectivity index (χ4v) is 3.89. The first-order chi connectivity index (χ1) is 14.3. The molecule has 4 rings (SSSR count).